The molecule has 0 aliphatic carbocycles. The number of aryl methyl sites for hydroxylation is 2. The summed E-state index contributed by atoms with van der Waals surface area (Å²) in [5.41, 5.74) is 1.30. The van der Waals surface area contributed by atoms with E-state index in [4.69, 9.17) is 4.42 Å². The summed E-state index contributed by atoms with van der Waals surface area (Å²) < 4.78 is 5.38. The van der Waals surface area contributed by atoms with Crippen LogP contribution >= 0.6 is 11.8 Å². The van der Waals surface area contributed by atoms with Crippen LogP contribution in [-0.4, -0.2) is 29.7 Å². The zero-order valence-corrected chi connectivity index (χ0v) is 15.3. The van der Waals surface area contributed by atoms with Crippen LogP contribution in [0.25, 0.3) is 0 Å². The minimum absolute atomic E-state index is 0.182. The maximum absolute atomic E-state index is 12.0. The largest absolute Gasteiger partial charge is 0.466 e. The van der Waals surface area contributed by atoms with Crippen molar-refractivity contribution in [3.63, 3.8) is 0 Å². The lowest BCUT2D eigenvalue weighted by Gasteiger charge is -2.11. The number of thioether (sulfide) groups is 1. The summed E-state index contributed by atoms with van der Waals surface area (Å²) in [4.78, 5) is 24.8. The van der Waals surface area contributed by atoms with Gasteiger partial charge in [0.1, 0.15) is 11.5 Å². The highest BCUT2D eigenvalue weighted by Crippen LogP contribution is 2.25. The molecule has 0 aliphatic heterocycles. The van der Waals surface area contributed by atoms with E-state index >= 15 is 0 Å². The fourth-order valence-corrected chi connectivity index (χ4v) is 3.02. The Morgan fingerprint density at radius 1 is 1.24 bits per heavy atom. The van der Waals surface area contributed by atoms with Gasteiger partial charge in [-0.05, 0) is 44.7 Å². The van der Waals surface area contributed by atoms with Crippen LogP contribution in [0.5, 0.6) is 0 Å². The van der Waals surface area contributed by atoms with Crippen LogP contribution in [0, 0.1) is 13.8 Å². The third kappa shape index (κ3) is 5.11. The Morgan fingerprint density at radius 2 is 1.96 bits per heavy atom. The van der Waals surface area contributed by atoms with Crippen LogP contribution in [0.3, 0.4) is 0 Å². The summed E-state index contributed by atoms with van der Waals surface area (Å²) in [7, 11) is 0. The Balaban J connectivity index is 1.83. The predicted molar refractivity (Wildman–Crippen MR) is 97.6 cm³/mol. The fourth-order valence-electron chi connectivity index (χ4n) is 2.47. The van der Waals surface area contributed by atoms with Gasteiger partial charge < -0.3 is 20.2 Å². The van der Waals surface area contributed by atoms with Crippen molar-refractivity contribution in [2.75, 3.05) is 18.1 Å². The van der Waals surface area contributed by atoms with Gasteiger partial charge in [-0.3, -0.25) is 9.59 Å². The van der Waals surface area contributed by atoms with Gasteiger partial charge in [0.25, 0.3) is 0 Å². The number of aliphatic hydroxyl groups excluding tert-OH is 1. The number of carbonyl (C=O) groups is 2. The third-order valence-corrected chi connectivity index (χ3v) is 4.50. The molecular formula is C18H22N2O4S. The lowest BCUT2D eigenvalue weighted by Crippen LogP contribution is -2.36. The number of carbonyl (C=O) groups excluding carboxylic acids is 2. The molecule has 0 unspecified atom stereocenters. The number of aliphatic hydroxyl groups is 1. The highest BCUT2D eigenvalue weighted by atomic mass is 32.2. The molecule has 25 heavy (non-hydrogen) atoms. The van der Waals surface area contributed by atoms with Gasteiger partial charge in [-0.2, -0.15) is 0 Å². The van der Waals surface area contributed by atoms with Gasteiger partial charge in [-0.1, -0.05) is 12.1 Å². The minimum Gasteiger partial charge on any atom is -0.466 e. The van der Waals surface area contributed by atoms with Crippen molar-refractivity contribution in [3.8, 4) is 0 Å². The molecule has 7 heteroatoms. The first-order valence-corrected chi connectivity index (χ1v) is 9.12. The molecule has 0 aliphatic rings. The first kappa shape index (κ1) is 19.1. The van der Waals surface area contributed by atoms with Gasteiger partial charge in [-0.15, -0.1) is 11.8 Å². The molecule has 1 heterocycles. The molecule has 134 valence electrons. The van der Waals surface area contributed by atoms with E-state index in [1.807, 2.05) is 25.3 Å². The highest BCUT2D eigenvalue weighted by Gasteiger charge is 2.17. The summed E-state index contributed by atoms with van der Waals surface area (Å²) in [6.45, 7) is 3.77. The van der Waals surface area contributed by atoms with Gasteiger partial charge in [0.05, 0.1) is 11.8 Å². The van der Waals surface area contributed by atoms with E-state index in [9.17, 15) is 14.7 Å². The summed E-state index contributed by atoms with van der Waals surface area (Å²) in [5.74, 6) is -0.0836. The summed E-state index contributed by atoms with van der Waals surface area (Å²) in [6, 6.07) is 9.03. The SMILES string of the molecule is CSc1ccccc1NC(=O)C(=O)NCC[C@H](O)c1cc(C)oc1C. The van der Waals surface area contributed by atoms with Gasteiger partial charge in [0, 0.05) is 17.0 Å². The Kier molecular flexibility index (Phi) is 6.66. The van der Waals surface area contributed by atoms with E-state index in [1.54, 1.807) is 25.1 Å². The number of amides is 2. The zero-order chi connectivity index (χ0) is 18.4. The normalized spacial score (nSPS) is 11.8. The number of anilines is 1. The number of hydrogen-bond acceptors (Lipinski definition) is 5. The van der Waals surface area contributed by atoms with Crippen molar-refractivity contribution in [2.45, 2.75) is 31.3 Å². The van der Waals surface area contributed by atoms with E-state index < -0.39 is 17.9 Å². The number of para-hydroxylation sites is 1. The van der Waals surface area contributed by atoms with Crippen molar-refractivity contribution in [3.05, 3.63) is 47.4 Å². The van der Waals surface area contributed by atoms with Crippen molar-refractivity contribution in [1.29, 1.82) is 0 Å². The molecule has 3 N–H and O–H groups in total. The van der Waals surface area contributed by atoms with E-state index in [1.165, 1.54) is 11.8 Å². The Labute approximate surface area is 151 Å². The molecule has 0 radical (unpaired) electrons. The first-order valence-electron chi connectivity index (χ1n) is 7.89. The van der Waals surface area contributed by atoms with Gasteiger partial charge >= 0.3 is 11.8 Å². The van der Waals surface area contributed by atoms with Gasteiger partial charge in [-0.25, -0.2) is 0 Å². The second-order valence-electron chi connectivity index (χ2n) is 5.58. The average molecular weight is 362 g/mol. The van der Waals surface area contributed by atoms with Gasteiger partial charge in [0.2, 0.25) is 0 Å². The smallest absolute Gasteiger partial charge is 0.313 e. The molecule has 2 aromatic rings. The van der Waals surface area contributed by atoms with Gasteiger partial charge in [0.15, 0.2) is 0 Å². The van der Waals surface area contributed by atoms with E-state index in [0.29, 0.717) is 23.4 Å². The molecule has 2 amide bonds. The number of benzene rings is 1. The van der Waals surface area contributed by atoms with E-state index in [-0.39, 0.29) is 6.54 Å². The molecule has 0 saturated carbocycles. The van der Waals surface area contributed by atoms with Crippen LogP contribution < -0.4 is 10.6 Å². The van der Waals surface area contributed by atoms with Crippen molar-refractivity contribution in [1.82, 2.24) is 5.32 Å². The molecule has 0 spiro atoms. The fraction of sp³-hybridized carbons (Fsp3) is 0.333. The Morgan fingerprint density at radius 3 is 2.60 bits per heavy atom. The topological polar surface area (TPSA) is 91.6 Å². The summed E-state index contributed by atoms with van der Waals surface area (Å²) in [5, 5.41) is 15.3. The number of nitrogens with one attached hydrogen (secondary N) is 2. The summed E-state index contributed by atoms with van der Waals surface area (Å²) in [6.07, 6.45) is 1.43. The molecule has 2 rings (SSSR count). The second kappa shape index (κ2) is 8.73. The van der Waals surface area contributed by atoms with Crippen LogP contribution in [-0.2, 0) is 9.59 Å². The maximum atomic E-state index is 12.0. The standard InChI is InChI=1S/C18H22N2O4S/c1-11-10-13(12(2)24-11)15(21)8-9-19-17(22)18(23)20-14-6-4-5-7-16(14)25-3/h4-7,10,15,21H,8-9H2,1-3H3,(H,19,22)(H,20,23)/t15-/m0/s1. The number of furan rings is 1. The van der Waals surface area contributed by atoms with Crippen molar-refractivity contribution in [2.24, 2.45) is 0 Å². The first-order chi connectivity index (χ1) is 11.9. The molecule has 0 saturated heterocycles. The predicted octanol–water partition coefficient (Wildman–Crippen LogP) is 2.80. The quantitative estimate of drug-likeness (QED) is 0.543. The third-order valence-electron chi connectivity index (χ3n) is 3.70. The van der Waals surface area contributed by atoms with Crippen LogP contribution in [0.1, 0.15) is 29.6 Å². The molecule has 1 aromatic carbocycles. The number of rotatable bonds is 6. The van der Waals surface area contributed by atoms with E-state index in [2.05, 4.69) is 10.6 Å². The number of hydrogen-bond donors (Lipinski definition) is 3. The van der Waals surface area contributed by atoms with Crippen molar-refractivity contribution < 1.29 is 19.1 Å². The zero-order valence-electron chi connectivity index (χ0n) is 14.5. The van der Waals surface area contributed by atoms with Crippen molar-refractivity contribution >= 4 is 29.3 Å². The van der Waals surface area contributed by atoms with Crippen LogP contribution in [0.15, 0.2) is 39.6 Å². The Hall–Kier alpha value is -2.25. The van der Waals surface area contributed by atoms with E-state index in [0.717, 1.165) is 10.7 Å². The molecular weight excluding hydrogens is 340 g/mol. The molecule has 1 aromatic heterocycles. The van der Waals surface area contributed by atoms with Crippen LogP contribution in [0.4, 0.5) is 5.69 Å². The maximum Gasteiger partial charge on any atom is 0.313 e. The molecule has 0 bridgehead atoms. The molecule has 0 fully saturated rings. The highest BCUT2D eigenvalue weighted by molar-refractivity contribution is 7.98. The second-order valence-corrected chi connectivity index (χ2v) is 6.43. The minimum atomic E-state index is -0.752. The summed E-state index contributed by atoms with van der Waals surface area (Å²) >= 11 is 1.48. The monoisotopic (exact) mass is 362 g/mol. The van der Waals surface area contributed by atoms with Crippen LogP contribution in [0.2, 0.25) is 0 Å². The average Bonchev–Trinajstić information content (AvgIpc) is 2.93. The molecule has 6 nitrogen and oxygen atoms in total. The Bertz CT molecular complexity index is 757. The molecule has 1 atom stereocenters. The lowest BCUT2D eigenvalue weighted by molar-refractivity contribution is -0.136. The lowest BCUT2D eigenvalue weighted by atomic mass is 10.1.